The molecule has 0 aliphatic heterocycles. The van der Waals surface area contributed by atoms with Gasteiger partial charge in [0.1, 0.15) is 5.76 Å². The molecule has 90 valence electrons. The van der Waals surface area contributed by atoms with Crippen molar-refractivity contribution in [2.75, 3.05) is 7.11 Å². The van der Waals surface area contributed by atoms with E-state index in [0.29, 0.717) is 18.8 Å². The van der Waals surface area contributed by atoms with Crippen molar-refractivity contribution in [2.45, 2.75) is 13.1 Å². The van der Waals surface area contributed by atoms with E-state index in [1.807, 2.05) is 24.3 Å². The molecule has 0 aliphatic carbocycles. The summed E-state index contributed by atoms with van der Waals surface area (Å²) in [5.74, 6) is 1.54. The number of ether oxygens (including phenoxy) is 1. The van der Waals surface area contributed by atoms with Gasteiger partial charge in [0.15, 0.2) is 11.5 Å². The summed E-state index contributed by atoms with van der Waals surface area (Å²) in [6.07, 6.45) is 1.65. The van der Waals surface area contributed by atoms with Crippen LogP contribution in [0.5, 0.6) is 11.5 Å². The first-order valence-electron chi connectivity index (χ1n) is 5.38. The zero-order valence-corrected chi connectivity index (χ0v) is 9.64. The highest BCUT2D eigenvalue weighted by Crippen LogP contribution is 2.26. The third kappa shape index (κ3) is 3.01. The molecule has 0 unspecified atom stereocenters. The highest BCUT2D eigenvalue weighted by molar-refractivity contribution is 5.41. The zero-order chi connectivity index (χ0) is 12.1. The highest BCUT2D eigenvalue weighted by Gasteiger charge is 2.02. The zero-order valence-electron chi connectivity index (χ0n) is 9.64. The maximum absolute atomic E-state index is 9.45. The van der Waals surface area contributed by atoms with E-state index in [9.17, 15) is 5.11 Å². The summed E-state index contributed by atoms with van der Waals surface area (Å²) < 4.78 is 10.2. The molecule has 1 aromatic carbocycles. The van der Waals surface area contributed by atoms with Crippen LogP contribution in [-0.2, 0) is 13.1 Å². The number of benzene rings is 1. The molecule has 0 bridgehead atoms. The molecule has 0 amide bonds. The van der Waals surface area contributed by atoms with Crippen LogP contribution in [0.3, 0.4) is 0 Å². The molecule has 0 spiro atoms. The molecule has 4 nitrogen and oxygen atoms in total. The quantitative estimate of drug-likeness (QED) is 0.832. The van der Waals surface area contributed by atoms with Crippen LogP contribution >= 0.6 is 0 Å². The first-order valence-corrected chi connectivity index (χ1v) is 5.38. The Bertz CT molecular complexity index is 466. The van der Waals surface area contributed by atoms with E-state index in [1.54, 1.807) is 12.3 Å². The Morgan fingerprint density at radius 3 is 2.88 bits per heavy atom. The van der Waals surface area contributed by atoms with E-state index >= 15 is 0 Å². The lowest BCUT2D eigenvalue weighted by atomic mass is 10.2. The molecular weight excluding hydrogens is 218 g/mol. The SMILES string of the molecule is COc1cc(CNCc2ccco2)ccc1O. The number of methoxy groups -OCH3 is 1. The molecule has 0 saturated heterocycles. The van der Waals surface area contributed by atoms with Gasteiger partial charge in [0, 0.05) is 6.54 Å². The first kappa shape index (κ1) is 11.5. The molecule has 2 N–H and O–H groups in total. The number of hydrogen-bond acceptors (Lipinski definition) is 4. The largest absolute Gasteiger partial charge is 0.504 e. The number of phenolic OH excluding ortho intramolecular Hbond substituents is 1. The summed E-state index contributed by atoms with van der Waals surface area (Å²) in [7, 11) is 1.54. The van der Waals surface area contributed by atoms with Crippen molar-refractivity contribution in [1.82, 2.24) is 5.32 Å². The molecule has 2 rings (SSSR count). The van der Waals surface area contributed by atoms with Crippen molar-refractivity contribution in [3.8, 4) is 11.5 Å². The number of furan rings is 1. The summed E-state index contributed by atoms with van der Waals surface area (Å²) in [5, 5.41) is 12.7. The molecule has 0 fully saturated rings. The van der Waals surface area contributed by atoms with Crippen LogP contribution in [0.1, 0.15) is 11.3 Å². The van der Waals surface area contributed by atoms with Crippen LogP contribution in [0.15, 0.2) is 41.0 Å². The molecule has 0 saturated carbocycles. The minimum Gasteiger partial charge on any atom is -0.504 e. The predicted octanol–water partition coefficient (Wildman–Crippen LogP) is 2.28. The fraction of sp³-hybridized carbons (Fsp3) is 0.231. The average Bonchev–Trinajstić information content (AvgIpc) is 2.84. The van der Waals surface area contributed by atoms with Crippen molar-refractivity contribution in [3.05, 3.63) is 47.9 Å². The van der Waals surface area contributed by atoms with Crippen molar-refractivity contribution in [3.63, 3.8) is 0 Å². The molecule has 1 aromatic heterocycles. The number of rotatable bonds is 5. The summed E-state index contributed by atoms with van der Waals surface area (Å²) in [5.41, 5.74) is 1.05. The second-order valence-corrected chi connectivity index (χ2v) is 3.69. The van der Waals surface area contributed by atoms with Gasteiger partial charge >= 0.3 is 0 Å². The molecule has 0 radical (unpaired) electrons. The van der Waals surface area contributed by atoms with E-state index in [2.05, 4.69) is 5.32 Å². The van der Waals surface area contributed by atoms with Crippen molar-refractivity contribution >= 4 is 0 Å². The van der Waals surface area contributed by atoms with Gasteiger partial charge in [-0.05, 0) is 29.8 Å². The minimum absolute atomic E-state index is 0.155. The molecule has 1 heterocycles. The van der Waals surface area contributed by atoms with Crippen molar-refractivity contribution in [1.29, 1.82) is 0 Å². The van der Waals surface area contributed by atoms with Crippen LogP contribution in [0.4, 0.5) is 0 Å². The summed E-state index contributed by atoms with van der Waals surface area (Å²) in [6, 6.07) is 9.07. The third-order valence-electron chi connectivity index (χ3n) is 2.45. The smallest absolute Gasteiger partial charge is 0.160 e. The Kier molecular flexibility index (Phi) is 3.67. The van der Waals surface area contributed by atoms with Crippen molar-refractivity contribution < 1.29 is 14.3 Å². The molecule has 0 aliphatic rings. The van der Waals surface area contributed by atoms with E-state index in [-0.39, 0.29) is 5.75 Å². The third-order valence-corrected chi connectivity index (χ3v) is 2.45. The maximum atomic E-state index is 9.45. The maximum Gasteiger partial charge on any atom is 0.160 e. The number of phenols is 1. The number of nitrogens with one attached hydrogen (secondary N) is 1. The highest BCUT2D eigenvalue weighted by atomic mass is 16.5. The second-order valence-electron chi connectivity index (χ2n) is 3.69. The average molecular weight is 233 g/mol. The number of hydrogen-bond donors (Lipinski definition) is 2. The van der Waals surface area contributed by atoms with E-state index in [4.69, 9.17) is 9.15 Å². The fourth-order valence-corrected chi connectivity index (χ4v) is 1.58. The Morgan fingerprint density at radius 1 is 1.29 bits per heavy atom. The van der Waals surface area contributed by atoms with Crippen LogP contribution in [-0.4, -0.2) is 12.2 Å². The van der Waals surface area contributed by atoms with Gasteiger partial charge in [-0.2, -0.15) is 0 Å². The lowest BCUT2D eigenvalue weighted by Gasteiger charge is -2.07. The summed E-state index contributed by atoms with van der Waals surface area (Å²) >= 11 is 0. The topological polar surface area (TPSA) is 54.6 Å². The van der Waals surface area contributed by atoms with Gasteiger partial charge in [0.05, 0.1) is 19.9 Å². The van der Waals surface area contributed by atoms with Crippen LogP contribution in [0.25, 0.3) is 0 Å². The van der Waals surface area contributed by atoms with Gasteiger partial charge in [-0.15, -0.1) is 0 Å². The molecule has 4 heteroatoms. The summed E-state index contributed by atoms with van der Waals surface area (Å²) in [4.78, 5) is 0. The van der Waals surface area contributed by atoms with E-state index < -0.39 is 0 Å². The van der Waals surface area contributed by atoms with Gasteiger partial charge in [0.2, 0.25) is 0 Å². The van der Waals surface area contributed by atoms with E-state index in [1.165, 1.54) is 7.11 Å². The Balaban J connectivity index is 1.90. The Morgan fingerprint density at radius 2 is 2.18 bits per heavy atom. The Labute approximate surface area is 99.8 Å². The monoisotopic (exact) mass is 233 g/mol. The van der Waals surface area contributed by atoms with E-state index in [0.717, 1.165) is 11.3 Å². The molecule has 2 aromatic rings. The molecular formula is C13H15NO3. The van der Waals surface area contributed by atoms with Crippen LogP contribution in [0.2, 0.25) is 0 Å². The standard InChI is InChI=1S/C13H15NO3/c1-16-13-7-10(4-5-12(13)15)8-14-9-11-3-2-6-17-11/h2-7,14-15H,8-9H2,1H3. The Hall–Kier alpha value is -1.94. The van der Waals surface area contributed by atoms with Gasteiger partial charge in [0.25, 0.3) is 0 Å². The minimum atomic E-state index is 0.155. The van der Waals surface area contributed by atoms with Gasteiger partial charge in [-0.1, -0.05) is 6.07 Å². The first-order chi connectivity index (χ1) is 8.29. The predicted molar refractivity (Wildman–Crippen MR) is 63.9 cm³/mol. The number of aromatic hydroxyl groups is 1. The fourth-order valence-electron chi connectivity index (χ4n) is 1.58. The van der Waals surface area contributed by atoms with Crippen LogP contribution in [0, 0.1) is 0 Å². The lowest BCUT2D eigenvalue weighted by Crippen LogP contribution is -2.12. The van der Waals surface area contributed by atoms with Gasteiger partial charge in [-0.3, -0.25) is 0 Å². The second kappa shape index (κ2) is 5.41. The summed E-state index contributed by atoms with van der Waals surface area (Å²) in [6.45, 7) is 1.37. The van der Waals surface area contributed by atoms with Crippen molar-refractivity contribution in [2.24, 2.45) is 0 Å². The molecule has 0 atom stereocenters. The lowest BCUT2D eigenvalue weighted by molar-refractivity contribution is 0.372. The van der Waals surface area contributed by atoms with Crippen LogP contribution < -0.4 is 10.1 Å². The normalized spacial score (nSPS) is 10.4. The molecule has 17 heavy (non-hydrogen) atoms. The van der Waals surface area contributed by atoms with Gasteiger partial charge < -0.3 is 19.6 Å². The van der Waals surface area contributed by atoms with Gasteiger partial charge in [-0.25, -0.2) is 0 Å².